The smallest absolute Gasteiger partial charge is 0.303 e. The van der Waals surface area contributed by atoms with Crippen LogP contribution in [0.1, 0.15) is 32.1 Å². The summed E-state index contributed by atoms with van der Waals surface area (Å²) in [5, 5.41) is 12.5. The maximum atomic E-state index is 10.7. The molecule has 0 aromatic heterocycles. The maximum Gasteiger partial charge on any atom is 0.303 e. The van der Waals surface area contributed by atoms with Gasteiger partial charge in [0.2, 0.25) is 0 Å². The van der Waals surface area contributed by atoms with Gasteiger partial charge in [-0.1, -0.05) is 0 Å². The second-order valence-corrected chi connectivity index (χ2v) is 6.13. The molecule has 19 heavy (non-hydrogen) atoms. The Morgan fingerprint density at radius 3 is 2.74 bits per heavy atom. The Hall–Kier alpha value is -0.650. The first-order chi connectivity index (χ1) is 9.17. The van der Waals surface area contributed by atoms with Crippen molar-refractivity contribution >= 4 is 5.97 Å². The fraction of sp³-hybridized carbons (Fsp3) is 0.929. The molecule has 2 aliphatic rings. The molecule has 1 saturated heterocycles. The minimum atomic E-state index is -0.682. The SMILES string of the molecule is NCCN1CC(CCC(=O)O)CC(NCC2CC2)C1. The number of nitrogens with zero attached hydrogens (tertiary/aromatic N) is 1. The largest absolute Gasteiger partial charge is 0.481 e. The van der Waals surface area contributed by atoms with E-state index >= 15 is 0 Å². The minimum absolute atomic E-state index is 0.288. The number of carbonyl (C=O) groups is 1. The van der Waals surface area contributed by atoms with E-state index in [0.29, 0.717) is 18.5 Å². The van der Waals surface area contributed by atoms with Gasteiger partial charge in [0, 0.05) is 38.6 Å². The van der Waals surface area contributed by atoms with Crippen LogP contribution in [0.4, 0.5) is 0 Å². The molecular weight excluding hydrogens is 242 g/mol. The highest BCUT2D eigenvalue weighted by Crippen LogP contribution is 2.28. The molecule has 0 bridgehead atoms. The summed E-state index contributed by atoms with van der Waals surface area (Å²) in [6.07, 6.45) is 4.93. The van der Waals surface area contributed by atoms with E-state index in [4.69, 9.17) is 10.8 Å². The lowest BCUT2D eigenvalue weighted by atomic mass is 9.90. The van der Waals surface area contributed by atoms with E-state index in [1.165, 1.54) is 12.8 Å². The molecule has 4 N–H and O–H groups in total. The van der Waals surface area contributed by atoms with Gasteiger partial charge in [0.05, 0.1) is 0 Å². The zero-order valence-corrected chi connectivity index (χ0v) is 11.7. The first-order valence-corrected chi connectivity index (χ1v) is 7.55. The Balaban J connectivity index is 1.78. The molecule has 1 aliphatic carbocycles. The van der Waals surface area contributed by atoms with Crippen molar-refractivity contribution in [1.82, 2.24) is 10.2 Å². The number of hydrogen-bond acceptors (Lipinski definition) is 4. The van der Waals surface area contributed by atoms with Crippen LogP contribution >= 0.6 is 0 Å². The molecule has 0 spiro atoms. The number of aliphatic carboxylic acids is 1. The Morgan fingerprint density at radius 2 is 2.11 bits per heavy atom. The number of hydrogen-bond donors (Lipinski definition) is 3. The number of rotatable bonds is 8. The van der Waals surface area contributed by atoms with E-state index in [1.54, 1.807) is 0 Å². The standard InChI is InChI=1S/C14H27N3O2/c15-5-6-17-9-12(3-4-14(18)19)7-13(10-17)16-8-11-1-2-11/h11-13,16H,1-10,15H2,(H,18,19). The van der Waals surface area contributed by atoms with Crippen molar-refractivity contribution in [1.29, 1.82) is 0 Å². The number of likely N-dealkylation sites (tertiary alicyclic amines) is 1. The highest BCUT2D eigenvalue weighted by Gasteiger charge is 2.28. The molecule has 5 nitrogen and oxygen atoms in total. The average molecular weight is 269 g/mol. The Bertz CT molecular complexity index is 294. The molecule has 0 aromatic carbocycles. The zero-order valence-electron chi connectivity index (χ0n) is 11.7. The number of nitrogens with two attached hydrogens (primary N) is 1. The van der Waals surface area contributed by atoms with Crippen molar-refractivity contribution in [3.63, 3.8) is 0 Å². The minimum Gasteiger partial charge on any atom is -0.481 e. The molecule has 1 saturated carbocycles. The van der Waals surface area contributed by atoms with Crippen molar-refractivity contribution in [2.75, 3.05) is 32.7 Å². The molecule has 1 aliphatic heterocycles. The van der Waals surface area contributed by atoms with Crippen molar-refractivity contribution in [2.24, 2.45) is 17.6 Å². The van der Waals surface area contributed by atoms with Crippen LogP contribution in [0.3, 0.4) is 0 Å². The van der Waals surface area contributed by atoms with Gasteiger partial charge in [0.25, 0.3) is 0 Å². The second-order valence-electron chi connectivity index (χ2n) is 6.13. The third-order valence-corrected chi connectivity index (χ3v) is 4.22. The van der Waals surface area contributed by atoms with Crippen LogP contribution in [0.15, 0.2) is 0 Å². The summed E-state index contributed by atoms with van der Waals surface area (Å²) >= 11 is 0. The second kappa shape index (κ2) is 7.22. The summed E-state index contributed by atoms with van der Waals surface area (Å²) in [7, 11) is 0. The Kier molecular flexibility index (Phi) is 5.60. The van der Waals surface area contributed by atoms with Crippen LogP contribution in [-0.2, 0) is 4.79 Å². The summed E-state index contributed by atoms with van der Waals surface area (Å²) in [5.41, 5.74) is 5.65. The van der Waals surface area contributed by atoms with Crippen molar-refractivity contribution < 1.29 is 9.90 Å². The van der Waals surface area contributed by atoms with Crippen LogP contribution in [-0.4, -0.2) is 54.7 Å². The van der Waals surface area contributed by atoms with Crippen molar-refractivity contribution in [3.8, 4) is 0 Å². The first kappa shape index (κ1) is 14.8. The molecular formula is C14H27N3O2. The molecule has 2 unspecified atom stereocenters. The van der Waals surface area contributed by atoms with Gasteiger partial charge in [-0.3, -0.25) is 4.79 Å². The first-order valence-electron chi connectivity index (χ1n) is 7.55. The summed E-state index contributed by atoms with van der Waals surface area (Å²) in [6, 6.07) is 0.514. The van der Waals surface area contributed by atoms with E-state index < -0.39 is 5.97 Å². The third kappa shape index (κ3) is 5.47. The quantitative estimate of drug-likeness (QED) is 0.598. The number of nitrogens with one attached hydrogen (secondary N) is 1. The molecule has 0 radical (unpaired) electrons. The van der Waals surface area contributed by atoms with Crippen LogP contribution in [0.5, 0.6) is 0 Å². The van der Waals surface area contributed by atoms with E-state index in [-0.39, 0.29) is 6.42 Å². The van der Waals surface area contributed by atoms with E-state index in [0.717, 1.165) is 44.9 Å². The van der Waals surface area contributed by atoms with Gasteiger partial charge in [-0.05, 0) is 44.1 Å². The highest BCUT2D eigenvalue weighted by atomic mass is 16.4. The van der Waals surface area contributed by atoms with Crippen molar-refractivity contribution in [3.05, 3.63) is 0 Å². The number of carboxylic acids is 1. The molecule has 0 aromatic rings. The fourth-order valence-corrected chi connectivity index (χ4v) is 3.01. The molecule has 1 heterocycles. The van der Waals surface area contributed by atoms with Gasteiger partial charge < -0.3 is 21.1 Å². The fourth-order valence-electron chi connectivity index (χ4n) is 3.01. The van der Waals surface area contributed by atoms with Crippen LogP contribution in [0, 0.1) is 11.8 Å². The third-order valence-electron chi connectivity index (χ3n) is 4.22. The van der Waals surface area contributed by atoms with Gasteiger partial charge in [0.15, 0.2) is 0 Å². The zero-order chi connectivity index (χ0) is 13.7. The summed E-state index contributed by atoms with van der Waals surface area (Å²) in [6.45, 7) is 4.80. The highest BCUT2D eigenvalue weighted by molar-refractivity contribution is 5.66. The Morgan fingerprint density at radius 1 is 1.32 bits per heavy atom. The molecule has 5 heteroatoms. The molecule has 2 atom stereocenters. The normalized spacial score (nSPS) is 28.5. The van der Waals surface area contributed by atoms with E-state index in [2.05, 4.69) is 10.2 Å². The van der Waals surface area contributed by atoms with Gasteiger partial charge in [-0.25, -0.2) is 0 Å². The Labute approximate surface area is 115 Å². The summed E-state index contributed by atoms with van der Waals surface area (Å²) < 4.78 is 0. The van der Waals surface area contributed by atoms with Gasteiger partial charge in [-0.2, -0.15) is 0 Å². The summed E-state index contributed by atoms with van der Waals surface area (Å²) in [5.74, 6) is 0.703. The van der Waals surface area contributed by atoms with Crippen LogP contribution in [0.2, 0.25) is 0 Å². The molecule has 110 valence electrons. The monoisotopic (exact) mass is 269 g/mol. The van der Waals surface area contributed by atoms with Gasteiger partial charge in [0.1, 0.15) is 0 Å². The molecule has 2 rings (SSSR count). The van der Waals surface area contributed by atoms with Crippen LogP contribution < -0.4 is 11.1 Å². The number of carboxylic acid groups (broad SMARTS) is 1. The van der Waals surface area contributed by atoms with Crippen molar-refractivity contribution in [2.45, 2.75) is 38.1 Å². The number of piperidine rings is 1. The summed E-state index contributed by atoms with van der Waals surface area (Å²) in [4.78, 5) is 13.1. The predicted octanol–water partition coefficient (Wildman–Crippen LogP) is 0.500. The molecule has 0 amide bonds. The maximum absolute atomic E-state index is 10.7. The average Bonchev–Trinajstić information content (AvgIpc) is 3.18. The molecule has 2 fully saturated rings. The van der Waals surface area contributed by atoms with Crippen LogP contribution in [0.25, 0.3) is 0 Å². The lowest BCUT2D eigenvalue weighted by Crippen LogP contribution is -2.50. The van der Waals surface area contributed by atoms with E-state index in [1.807, 2.05) is 0 Å². The predicted molar refractivity (Wildman–Crippen MR) is 75.0 cm³/mol. The lowest BCUT2D eigenvalue weighted by Gasteiger charge is -2.38. The van der Waals surface area contributed by atoms with Gasteiger partial charge >= 0.3 is 5.97 Å². The lowest BCUT2D eigenvalue weighted by molar-refractivity contribution is -0.137. The van der Waals surface area contributed by atoms with E-state index in [9.17, 15) is 4.79 Å². The topological polar surface area (TPSA) is 78.6 Å². The van der Waals surface area contributed by atoms with Gasteiger partial charge in [-0.15, -0.1) is 0 Å².